The number of para-hydroxylation sites is 7. The lowest BCUT2D eigenvalue weighted by molar-refractivity contribution is 0.695. The van der Waals surface area contributed by atoms with Crippen LogP contribution in [0.25, 0.3) is 55.6 Å². The number of fused-ring (bicyclic) bond motifs is 13. The Balaban J connectivity index is 1.05. The fourth-order valence-corrected chi connectivity index (χ4v) is 11.7. The van der Waals surface area contributed by atoms with Crippen molar-refractivity contribution < 1.29 is 0 Å². The third-order valence-corrected chi connectivity index (χ3v) is 14.0. The van der Waals surface area contributed by atoms with Crippen molar-refractivity contribution in [3.63, 3.8) is 0 Å². The number of aromatic nitrogens is 3. The predicted molar refractivity (Wildman–Crippen MR) is 252 cm³/mol. The summed E-state index contributed by atoms with van der Waals surface area (Å²) >= 11 is 1.91. The lowest BCUT2D eigenvalue weighted by Gasteiger charge is -2.49. The van der Waals surface area contributed by atoms with Crippen molar-refractivity contribution in [3.8, 4) is 22.8 Å². The second kappa shape index (κ2) is 13.2. The van der Waals surface area contributed by atoms with E-state index >= 15 is 0 Å². The lowest BCUT2D eigenvalue weighted by Crippen LogP contribution is -2.39. The van der Waals surface area contributed by atoms with Crippen LogP contribution in [0.5, 0.6) is 0 Å². The number of nitrogens with zero attached hydrogens (tertiary/aromatic N) is 4. The van der Waals surface area contributed by atoms with Crippen LogP contribution >= 0.6 is 11.8 Å². The van der Waals surface area contributed by atoms with Gasteiger partial charge in [-0.1, -0.05) is 139 Å². The van der Waals surface area contributed by atoms with Crippen LogP contribution in [0.3, 0.4) is 0 Å². The Morgan fingerprint density at radius 3 is 1.70 bits per heavy atom. The Kier molecular flexibility index (Phi) is 7.42. The van der Waals surface area contributed by atoms with Crippen molar-refractivity contribution in [1.29, 1.82) is 0 Å². The highest BCUT2D eigenvalue weighted by molar-refractivity contribution is 7.99. The smallest absolute Gasteiger partial charge is 0.145 e. The van der Waals surface area contributed by atoms with Crippen LogP contribution in [0.15, 0.2) is 228 Å². The summed E-state index contributed by atoms with van der Waals surface area (Å²) in [6, 6.07) is 79.6. The number of rotatable bonds is 4. The highest BCUT2D eigenvalue weighted by Crippen LogP contribution is 2.64. The monoisotopic (exact) mass is 796 g/mol. The average molecular weight is 797 g/mol. The van der Waals surface area contributed by atoms with E-state index in [-0.39, 0.29) is 0 Å². The molecule has 4 heterocycles. The minimum atomic E-state index is -0.557. The van der Waals surface area contributed by atoms with E-state index in [0.29, 0.717) is 0 Å². The fraction of sp³-hybridized carbons (Fsp3) is 0.0179. The second-order valence-electron chi connectivity index (χ2n) is 15.9. The van der Waals surface area contributed by atoms with Gasteiger partial charge in [0.1, 0.15) is 5.82 Å². The fourth-order valence-electron chi connectivity index (χ4n) is 10.3. The molecule has 0 radical (unpaired) electrons. The van der Waals surface area contributed by atoms with Crippen molar-refractivity contribution in [2.75, 3.05) is 4.90 Å². The van der Waals surface area contributed by atoms with Gasteiger partial charge in [-0.05, 0) is 113 Å². The summed E-state index contributed by atoms with van der Waals surface area (Å²) < 4.78 is 4.71. The molecule has 286 valence electrons. The zero-order chi connectivity index (χ0) is 40.1. The highest BCUT2D eigenvalue weighted by atomic mass is 32.2. The van der Waals surface area contributed by atoms with Crippen molar-refractivity contribution >= 4 is 61.7 Å². The van der Waals surface area contributed by atoms with Gasteiger partial charge in [0.25, 0.3) is 0 Å². The SMILES string of the molecule is c1ccc(N2c3ccccc3C3(c4ccccc4Sc4c3ccc3c4c4ccccc4n3-c3ccc(-c4nc5ccccc5n4-c4ccccc4)cc3)c3ccccc32)cc1. The maximum atomic E-state index is 5.16. The number of imidazole rings is 1. The van der Waals surface area contributed by atoms with Crippen molar-refractivity contribution in [3.05, 3.63) is 241 Å². The van der Waals surface area contributed by atoms with Gasteiger partial charge in [-0.25, -0.2) is 4.98 Å². The van der Waals surface area contributed by atoms with E-state index < -0.39 is 5.41 Å². The Labute approximate surface area is 357 Å². The van der Waals surface area contributed by atoms with Gasteiger partial charge in [0.05, 0.1) is 38.9 Å². The Morgan fingerprint density at radius 2 is 0.967 bits per heavy atom. The van der Waals surface area contributed by atoms with Crippen LogP contribution in [0.4, 0.5) is 17.1 Å². The number of anilines is 3. The van der Waals surface area contributed by atoms with Gasteiger partial charge in [0.2, 0.25) is 0 Å². The van der Waals surface area contributed by atoms with Crippen LogP contribution in [-0.4, -0.2) is 14.1 Å². The molecule has 0 unspecified atom stereocenters. The minimum absolute atomic E-state index is 0.557. The molecule has 0 saturated heterocycles. The molecule has 0 bridgehead atoms. The van der Waals surface area contributed by atoms with Crippen LogP contribution < -0.4 is 4.90 Å². The van der Waals surface area contributed by atoms with Gasteiger partial charge in [0, 0.05) is 43.2 Å². The summed E-state index contributed by atoms with van der Waals surface area (Å²) in [6.07, 6.45) is 0. The van der Waals surface area contributed by atoms with Crippen LogP contribution in [0, 0.1) is 0 Å². The van der Waals surface area contributed by atoms with Gasteiger partial charge in [-0.3, -0.25) is 4.57 Å². The van der Waals surface area contributed by atoms with E-state index in [1.165, 1.54) is 65.2 Å². The third-order valence-electron chi connectivity index (χ3n) is 12.8. The zero-order valence-electron chi connectivity index (χ0n) is 33.0. The molecule has 5 heteroatoms. The number of hydrogen-bond donors (Lipinski definition) is 0. The standard InChI is InChI=1S/C56H36N4S/c1-3-17-38(18-4-1)59-48-27-13-8-22-42(48)56(43-23-9-14-28-49(43)59)44-24-10-16-30-52(44)61-54-45(56)35-36-51-53(54)41-21-7-12-26-47(41)58(51)40-33-31-37(32-34-40)55-57-46-25-11-15-29-50(46)60(55)39-19-5-2-6-20-39/h1-36H. The Morgan fingerprint density at radius 1 is 0.393 bits per heavy atom. The molecule has 1 spiro atoms. The summed E-state index contributed by atoms with van der Waals surface area (Å²) in [5, 5.41) is 2.52. The molecule has 9 aromatic carbocycles. The topological polar surface area (TPSA) is 26.0 Å². The molecule has 0 N–H and O–H groups in total. The maximum absolute atomic E-state index is 5.16. The molecule has 0 aliphatic carbocycles. The zero-order valence-corrected chi connectivity index (χ0v) is 33.8. The maximum Gasteiger partial charge on any atom is 0.145 e. The second-order valence-corrected chi connectivity index (χ2v) is 16.9. The summed E-state index contributed by atoms with van der Waals surface area (Å²) in [7, 11) is 0. The molecular formula is C56H36N4S. The summed E-state index contributed by atoms with van der Waals surface area (Å²) in [5.74, 6) is 0.925. The summed E-state index contributed by atoms with van der Waals surface area (Å²) in [4.78, 5) is 10.2. The van der Waals surface area contributed by atoms with Crippen LogP contribution in [-0.2, 0) is 5.41 Å². The quantitative estimate of drug-likeness (QED) is 0.177. The van der Waals surface area contributed by atoms with Gasteiger partial charge in [-0.2, -0.15) is 0 Å². The molecule has 2 aliphatic heterocycles. The van der Waals surface area contributed by atoms with Gasteiger partial charge < -0.3 is 9.47 Å². The normalized spacial score (nSPS) is 13.6. The molecule has 0 amide bonds. The number of benzene rings is 9. The van der Waals surface area contributed by atoms with Crippen molar-refractivity contribution in [2.24, 2.45) is 0 Å². The Hall–Kier alpha value is -7.60. The summed E-state index contributed by atoms with van der Waals surface area (Å²) in [5.41, 5.74) is 15.9. The first-order chi connectivity index (χ1) is 30.3. The largest absolute Gasteiger partial charge is 0.310 e. The molecule has 11 aromatic rings. The average Bonchev–Trinajstić information content (AvgIpc) is 3.89. The van der Waals surface area contributed by atoms with Crippen LogP contribution in [0.2, 0.25) is 0 Å². The van der Waals surface area contributed by atoms with E-state index in [1.807, 2.05) is 11.8 Å². The van der Waals surface area contributed by atoms with E-state index in [4.69, 9.17) is 4.98 Å². The first-order valence-corrected chi connectivity index (χ1v) is 21.6. The predicted octanol–water partition coefficient (Wildman–Crippen LogP) is 14.4. The first-order valence-electron chi connectivity index (χ1n) is 20.8. The van der Waals surface area contributed by atoms with Crippen LogP contribution in [0.1, 0.15) is 22.3 Å². The third kappa shape index (κ3) is 4.81. The van der Waals surface area contributed by atoms with E-state index in [0.717, 1.165) is 39.5 Å². The van der Waals surface area contributed by atoms with Crippen molar-refractivity contribution in [2.45, 2.75) is 15.2 Å². The highest BCUT2D eigenvalue weighted by Gasteiger charge is 2.50. The van der Waals surface area contributed by atoms with E-state index in [2.05, 4.69) is 232 Å². The van der Waals surface area contributed by atoms with Gasteiger partial charge in [-0.15, -0.1) is 0 Å². The Bertz CT molecular complexity index is 3460. The molecular weight excluding hydrogens is 761 g/mol. The molecule has 2 aromatic heterocycles. The lowest BCUT2D eigenvalue weighted by atomic mass is 9.62. The molecule has 13 rings (SSSR count). The molecule has 0 fully saturated rings. The van der Waals surface area contributed by atoms with Gasteiger partial charge >= 0.3 is 0 Å². The molecule has 0 saturated carbocycles. The number of hydrogen-bond acceptors (Lipinski definition) is 3. The molecule has 61 heavy (non-hydrogen) atoms. The molecule has 4 nitrogen and oxygen atoms in total. The molecule has 0 atom stereocenters. The van der Waals surface area contributed by atoms with E-state index in [1.54, 1.807) is 0 Å². The minimum Gasteiger partial charge on any atom is -0.310 e. The molecule has 2 aliphatic rings. The van der Waals surface area contributed by atoms with Gasteiger partial charge in [0.15, 0.2) is 0 Å². The van der Waals surface area contributed by atoms with Crippen molar-refractivity contribution in [1.82, 2.24) is 14.1 Å². The van der Waals surface area contributed by atoms with E-state index in [9.17, 15) is 0 Å². The first kappa shape index (κ1) is 34.3. The summed E-state index contributed by atoms with van der Waals surface area (Å²) in [6.45, 7) is 0.